The summed E-state index contributed by atoms with van der Waals surface area (Å²) in [5.74, 6) is -0.227. The van der Waals surface area contributed by atoms with Crippen molar-refractivity contribution in [1.29, 1.82) is 0 Å². The summed E-state index contributed by atoms with van der Waals surface area (Å²) in [5.41, 5.74) is 1.12. The normalized spacial score (nSPS) is 11.9. The minimum atomic E-state index is -0.227. The van der Waals surface area contributed by atoms with Crippen LogP contribution in [0.15, 0.2) is 18.3 Å². The molecule has 1 aromatic rings. The SMILES string of the molecule is CNC(=O)c1cc(NC(C)CO)ccn1. The molecule has 1 aromatic heterocycles. The Bertz CT molecular complexity index is 341. The van der Waals surface area contributed by atoms with Crippen molar-refractivity contribution in [2.45, 2.75) is 13.0 Å². The number of hydrogen-bond donors (Lipinski definition) is 3. The monoisotopic (exact) mass is 209 g/mol. The van der Waals surface area contributed by atoms with Gasteiger partial charge < -0.3 is 15.7 Å². The molecule has 3 N–H and O–H groups in total. The molecule has 0 aliphatic heterocycles. The van der Waals surface area contributed by atoms with Crippen molar-refractivity contribution in [3.8, 4) is 0 Å². The molecule has 1 amide bonds. The first kappa shape index (κ1) is 11.5. The van der Waals surface area contributed by atoms with Gasteiger partial charge in [0.25, 0.3) is 5.91 Å². The van der Waals surface area contributed by atoms with E-state index in [4.69, 9.17) is 5.11 Å². The van der Waals surface area contributed by atoms with Gasteiger partial charge in [0.1, 0.15) is 5.69 Å². The topological polar surface area (TPSA) is 74.2 Å². The maximum absolute atomic E-state index is 11.3. The van der Waals surface area contributed by atoms with Crippen LogP contribution in [0.1, 0.15) is 17.4 Å². The van der Waals surface area contributed by atoms with Crippen molar-refractivity contribution in [3.05, 3.63) is 24.0 Å². The summed E-state index contributed by atoms with van der Waals surface area (Å²) in [5, 5.41) is 14.4. The van der Waals surface area contributed by atoms with Gasteiger partial charge in [-0.3, -0.25) is 9.78 Å². The average molecular weight is 209 g/mol. The molecule has 0 aromatic carbocycles. The van der Waals surface area contributed by atoms with Gasteiger partial charge in [-0.15, -0.1) is 0 Å². The lowest BCUT2D eigenvalue weighted by Crippen LogP contribution is -2.21. The quantitative estimate of drug-likeness (QED) is 0.663. The third kappa shape index (κ3) is 3.21. The van der Waals surface area contributed by atoms with E-state index in [1.54, 1.807) is 25.4 Å². The number of pyridine rings is 1. The number of nitrogens with zero attached hydrogens (tertiary/aromatic N) is 1. The van der Waals surface area contributed by atoms with Crippen LogP contribution >= 0.6 is 0 Å². The van der Waals surface area contributed by atoms with Crippen molar-refractivity contribution in [1.82, 2.24) is 10.3 Å². The Morgan fingerprint density at radius 2 is 2.40 bits per heavy atom. The third-order valence-corrected chi connectivity index (χ3v) is 1.91. The zero-order chi connectivity index (χ0) is 11.3. The number of aliphatic hydroxyl groups is 1. The van der Waals surface area contributed by atoms with E-state index < -0.39 is 0 Å². The molecule has 0 aliphatic carbocycles. The third-order valence-electron chi connectivity index (χ3n) is 1.91. The number of aliphatic hydroxyl groups excluding tert-OH is 1. The first-order valence-corrected chi connectivity index (χ1v) is 4.73. The van der Waals surface area contributed by atoms with Crippen LogP contribution in [0.2, 0.25) is 0 Å². The molecule has 1 atom stereocenters. The Kier molecular flexibility index (Phi) is 4.05. The lowest BCUT2D eigenvalue weighted by atomic mass is 10.2. The molecular formula is C10H15N3O2. The molecule has 82 valence electrons. The summed E-state index contributed by atoms with van der Waals surface area (Å²) >= 11 is 0. The Balaban J connectivity index is 2.78. The number of amides is 1. The molecule has 0 aliphatic rings. The maximum atomic E-state index is 11.3. The van der Waals surface area contributed by atoms with Crippen LogP contribution in [-0.4, -0.2) is 35.7 Å². The molecule has 0 saturated carbocycles. The van der Waals surface area contributed by atoms with Gasteiger partial charge in [-0.1, -0.05) is 0 Å². The number of nitrogens with one attached hydrogen (secondary N) is 2. The fraction of sp³-hybridized carbons (Fsp3) is 0.400. The fourth-order valence-corrected chi connectivity index (χ4v) is 1.10. The Morgan fingerprint density at radius 3 is 3.00 bits per heavy atom. The van der Waals surface area contributed by atoms with Gasteiger partial charge in [0.15, 0.2) is 0 Å². The lowest BCUT2D eigenvalue weighted by Gasteiger charge is -2.12. The molecule has 0 radical (unpaired) electrons. The summed E-state index contributed by atoms with van der Waals surface area (Å²) in [4.78, 5) is 15.2. The van der Waals surface area contributed by atoms with Crippen molar-refractivity contribution < 1.29 is 9.90 Å². The molecule has 5 heteroatoms. The van der Waals surface area contributed by atoms with E-state index in [1.807, 2.05) is 6.92 Å². The molecule has 15 heavy (non-hydrogen) atoms. The molecule has 0 fully saturated rings. The number of carbonyl (C=O) groups is 1. The Labute approximate surface area is 88.5 Å². The first-order chi connectivity index (χ1) is 7.17. The highest BCUT2D eigenvalue weighted by atomic mass is 16.3. The van der Waals surface area contributed by atoms with Crippen LogP contribution < -0.4 is 10.6 Å². The highest BCUT2D eigenvalue weighted by molar-refractivity contribution is 5.92. The predicted molar refractivity (Wildman–Crippen MR) is 57.8 cm³/mol. The fourth-order valence-electron chi connectivity index (χ4n) is 1.10. The highest BCUT2D eigenvalue weighted by Gasteiger charge is 2.06. The van der Waals surface area contributed by atoms with Crippen LogP contribution in [0, 0.1) is 0 Å². The van der Waals surface area contributed by atoms with Crippen molar-refractivity contribution in [2.24, 2.45) is 0 Å². The second kappa shape index (κ2) is 5.31. The van der Waals surface area contributed by atoms with Crippen LogP contribution in [0.5, 0.6) is 0 Å². The van der Waals surface area contributed by atoms with Crippen LogP contribution in [-0.2, 0) is 0 Å². The number of hydrogen-bond acceptors (Lipinski definition) is 4. The second-order valence-electron chi connectivity index (χ2n) is 3.24. The molecule has 1 rings (SSSR count). The van der Waals surface area contributed by atoms with Crippen molar-refractivity contribution in [2.75, 3.05) is 19.0 Å². The Hall–Kier alpha value is -1.62. The Morgan fingerprint density at radius 1 is 1.67 bits per heavy atom. The van der Waals surface area contributed by atoms with Gasteiger partial charge in [-0.05, 0) is 19.1 Å². The zero-order valence-corrected chi connectivity index (χ0v) is 8.82. The van der Waals surface area contributed by atoms with Gasteiger partial charge >= 0.3 is 0 Å². The summed E-state index contributed by atoms with van der Waals surface area (Å²) in [6.07, 6.45) is 1.55. The standard InChI is InChI=1S/C10H15N3O2/c1-7(6-14)13-8-3-4-12-9(5-8)10(15)11-2/h3-5,7,14H,6H2,1-2H3,(H,11,15)(H,12,13). The largest absolute Gasteiger partial charge is 0.394 e. The molecule has 0 spiro atoms. The predicted octanol–water partition coefficient (Wildman–Crippen LogP) is 0.234. The summed E-state index contributed by atoms with van der Waals surface area (Å²) < 4.78 is 0. The van der Waals surface area contributed by atoms with Crippen LogP contribution in [0.25, 0.3) is 0 Å². The van der Waals surface area contributed by atoms with E-state index in [0.717, 1.165) is 5.69 Å². The van der Waals surface area contributed by atoms with Gasteiger partial charge in [-0.2, -0.15) is 0 Å². The van der Waals surface area contributed by atoms with Crippen LogP contribution in [0.3, 0.4) is 0 Å². The number of anilines is 1. The second-order valence-corrected chi connectivity index (χ2v) is 3.24. The van der Waals surface area contributed by atoms with Gasteiger partial charge in [-0.25, -0.2) is 0 Å². The van der Waals surface area contributed by atoms with E-state index in [0.29, 0.717) is 5.69 Å². The lowest BCUT2D eigenvalue weighted by molar-refractivity contribution is 0.0958. The molecular weight excluding hydrogens is 194 g/mol. The average Bonchev–Trinajstić information content (AvgIpc) is 2.28. The van der Waals surface area contributed by atoms with Crippen molar-refractivity contribution >= 4 is 11.6 Å². The van der Waals surface area contributed by atoms with Gasteiger partial charge in [0.2, 0.25) is 0 Å². The van der Waals surface area contributed by atoms with Gasteiger partial charge in [0.05, 0.1) is 6.61 Å². The molecule has 1 unspecified atom stereocenters. The van der Waals surface area contributed by atoms with E-state index >= 15 is 0 Å². The number of aromatic nitrogens is 1. The molecule has 0 bridgehead atoms. The summed E-state index contributed by atoms with van der Waals surface area (Å²) in [6, 6.07) is 3.34. The van der Waals surface area contributed by atoms with Crippen molar-refractivity contribution in [3.63, 3.8) is 0 Å². The number of carbonyl (C=O) groups excluding carboxylic acids is 1. The molecule has 5 nitrogen and oxygen atoms in total. The minimum Gasteiger partial charge on any atom is -0.394 e. The molecule has 0 saturated heterocycles. The summed E-state index contributed by atoms with van der Waals surface area (Å²) in [6.45, 7) is 1.89. The van der Waals surface area contributed by atoms with E-state index in [1.165, 1.54) is 0 Å². The smallest absolute Gasteiger partial charge is 0.269 e. The summed E-state index contributed by atoms with van der Waals surface area (Å²) in [7, 11) is 1.56. The zero-order valence-electron chi connectivity index (χ0n) is 8.82. The van der Waals surface area contributed by atoms with Gasteiger partial charge in [0, 0.05) is 25.0 Å². The molecule has 1 heterocycles. The maximum Gasteiger partial charge on any atom is 0.269 e. The van der Waals surface area contributed by atoms with Crippen LogP contribution in [0.4, 0.5) is 5.69 Å². The highest BCUT2D eigenvalue weighted by Crippen LogP contribution is 2.09. The minimum absolute atomic E-state index is 0.0393. The van der Waals surface area contributed by atoms with E-state index in [2.05, 4.69) is 15.6 Å². The first-order valence-electron chi connectivity index (χ1n) is 4.73. The van der Waals surface area contributed by atoms with E-state index in [9.17, 15) is 4.79 Å². The number of rotatable bonds is 4. The van der Waals surface area contributed by atoms with E-state index in [-0.39, 0.29) is 18.6 Å².